The number of aromatic nitrogens is 1. The van der Waals surface area contributed by atoms with E-state index in [1.54, 1.807) is 6.92 Å². The first kappa shape index (κ1) is 15.4. The van der Waals surface area contributed by atoms with Gasteiger partial charge >= 0.3 is 18.1 Å². The molecule has 0 fully saturated rings. The minimum atomic E-state index is -5.12. The van der Waals surface area contributed by atoms with Crippen molar-refractivity contribution in [3.05, 3.63) is 16.1 Å². The van der Waals surface area contributed by atoms with Crippen LogP contribution < -0.4 is 0 Å². The number of carboxylic acids is 1. The van der Waals surface area contributed by atoms with Gasteiger partial charge in [-0.1, -0.05) is 0 Å². The molecule has 0 bridgehead atoms. The number of hydrogen-bond acceptors (Lipinski definition) is 4. The summed E-state index contributed by atoms with van der Waals surface area (Å²) in [6, 6.07) is -1.59. The van der Waals surface area contributed by atoms with E-state index in [0.717, 1.165) is 6.92 Å². The van der Waals surface area contributed by atoms with Gasteiger partial charge in [0.05, 0.1) is 17.2 Å². The van der Waals surface area contributed by atoms with Gasteiger partial charge in [0.2, 0.25) is 0 Å². The number of rotatable bonds is 4. The summed E-state index contributed by atoms with van der Waals surface area (Å²) in [4.78, 5) is 26.2. The van der Waals surface area contributed by atoms with E-state index in [-0.39, 0.29) is 10.6 Å². The van der Waals surface area contributed by atoms with Crippen molar-refractivity contribution in [2.45, 2.75) is 32.6 Å². The summed E-state index contributed by atoms with van der Waals surface area (Å²) in [6.07, 6.45) is -5.12. The van der Waals surface area contributed by atoms with Crippen LogP contribution in [0.3, 0.4) is 0 Å². The van der Waals surface area contributed by atoms with E-state index in [4.69, 9.17) is 5.11 Å². The summed E-state index contributed by atoms with van der Waals surface area (Å²) in [5, 5.41) is 10.9. The van der Waals surface area contributed by atoms with E-state index in [2.05, 4.69) is 4.98 Å². The summed E-state index contributed by atoms with van der Waals surface area (Å²) in [7, 11) is 0. The Morgan fingerprint density at radius 1 is 1.53 bits per heavy atom. The van der Waals surface area contributed by atoms with Crippen LogP contribution in [-0.4, -0.2) is 39.1 Å². The Kier molecular flexibility index (Phi) is 4.51. The number of thiazole rings is 1. The molecule has 0 saturated heterocycles. The number of halogens is 3. The molecular formula is C10H11F3N2O3S. The molecule has 0 radical (unpaired) electrons. The van der Waals surface area contributed by atoms with E-state index in [1.807, 2.05) is 0 Å². The monoisotopic (exact) mass is 296 g/mol. The van der Waals surface area contributed by atoms with Crippen LogP contribution in [0.1, 0.15) is 17.6 Å². The largest absolute Gasteiger partial charge is 0.480 e. The topological polar surface area (TPSA) is 70.5 Å². The van der Waals surface area contributed by atoms with E-state index in [9.17, 15) is 22.8 Å². The summed E-state index contributed by atoms with van der Waals surface area (Å²) >= 11 is 1.21. The van der Waals surface area contributed by atoms with Crippen molar-refractivity contribution in [3.63, 3.8) is 0 Å². The number of carboxylic acid groups (broad SMARTS) is 1. The number of nitrogens with zero attached hydrogens (tertiary/aromatic N) is 2. The van der Waals surface area contributed by atoms with Gasteiger partial charge in [0.1, 0.15) is 6.04 Å². The zero-order chi connectivity index (χ0) is 14.8. The van der Waals surface area contributed by atoms with Gasteiger partial charge < -0.3 is 10.0 Å². The maximum absolute atomic E-state index is 12.4. The van der Waals surface area contributed by atoms with Crippen LogP contribution in [0.2, 0.25) is 0 Å². The summed E-state index contributed by atoms with van der Waals surface area (Å²) in [6.45, 7) is 2.19. The predicted octanol–water partition coefficient (Wildman–Crippen LogP) is 1.82. The molecular weight excluding hydrogens is 285 g/mol. The molecule has 1 N–H and O–H groups in total. The van der Waals surface area contributed by atoms with Gasteiger partial charge in [-0.05, 0) is 13.8 Å². The third kappa shape index (κ3) is 3.91. The molecule has 1 aromatic heterocycles. The normalized spacial score (nSPS) is 13.1. The van der Waals surface area contributed by atoms with Crippen molar-refractivity contribution in [2.24, 2.45) is 0 Å². The van der Waals surface area contributed by atoms with Crippen LogP contribution in [-0.2, 0) is 16.1 Å². The van der Waals surface area contributed by atoms with Crippen LogP contribution in [0, 0.1) is 6.92 Å². The number of aliphatic carboxylic acids is 1. The molecule has 0 aromatic carbocycles. The maximum Gasteiger partial charge on any atom is 0.471 e. The number of carbonyl (C=O) groups is 2. The molecule has 1 rings (SSSR count). The fourth-order valence-corrected chi connectivity index (χ4v) is 1.94. The van der Waals surface area contributed by atoms with Crippen LogP contribution in [0.25, 0.3) is 0 Å². The fourth-order valence-electron chi connectivity index (χ4n) is 1.34. The van der Waals surface area contributed by atoms with Crippen LogP contribution in [0.5, 0.6) is 0 Å². The van der Waals surface area contributed by atoms with Gasteiger partial charge in [-0.2, -0.15) is 13.2 Å². The van der Waals surface area contributed by atoms with Crippen molar-refractivity contribution < 1.29 is 27.9 Å². The third-order valence-electron chi connectivity index (χ3n) is 2.33. The van der Waals surface area contributed by atoms with Crippen LogP contribution in [0.4, 0.5) is 13.2 Å². The molecule has 106 valence electrons. The molecule has 9 heteroatoms. The van der Waals surface area contributed by atoms with Gasteiger partial charge in [0.15, 0.2) is 0 Å². The lowest BCUT2D eigenvalue weighted by atomic mass is 10.2. The number of hydrogen-bond donors (Lipinski definition) is 1. The molecule has 0 aliphatic carbocycles. The third-order valence-corrected chi connectivity index (χ3v) is 3.15. The summed E-state index contributed by atoms with van der Waals surface area (Å²) < 4.78 is 37.3. The molecule has 0 aliphatic rings. The molecule has 1 aromatic rings. The second kappa shape index (κ2) is 5.55. The van der Waals surface area contributed by atoms with Crippen molar-refractivity contribution in [2.75, 3.05) is 0 Å². The van der Waals surface area contributed by atoms with E-state index in [1.165, 1.54) is 16.7 Å². The Labute approximate surface area is 110 Å². The quantitative estimate of drug-likeness (QED) is 0.920. The van der Waals surface area contributed by atoms with Gasteiger partial charge in [-0.3, -0.25) is 4.79 Å². The van der Waals surface area contributed by atoms with Crippen molar-refractivity contribution in [3.8, 4) is 0 Å². The molecule has 0 aliphatic heterocycles. The molecule has 1 amide bonds. The Balaban J connectivity index is 2.99. The average Bonchev–Trinajstić information content (AvgIpc) is 2.68. The van der Waals surface area contributed by atoms with E-state index >= 15 is 0 Å². The Morgan fingerprint density at radius 3 is 2.47 bits per heavy atom. The lowest BCUT2D eigenvalue weighted by Gasteiger charge is -2.26. The highest BCUT2D eigenvalue weighted by Gasteiger charge is 2.45. The second-order valence-corrected chi connectivity index (χ2v) is 4.87. The number of aryl methyl sites for hydroxylation is 1. The average molecular weight is 296 g/mol. The molecule has 19 heavy (non-hydrogen) atoms. The van der Waals surface area contributed by atoms with Gasteiger partial charge in [-0.25, -0.2) is 9.78 Å². The predicted molar refractivity (Wildman–Crippen MR) is 60.6 cm³/mol. The second-order valence-electron chi connectivity index (χ2n) is 3.80. The van der Waals surface area contributed by atoms with Gasteiger partial charge in [0.25, 0.3) is 0 Å². The smallest absolute Gasteiger partial charge is 0.471 e. The minimum absolute atomic E-state index is 0.230. The van der Waals surface area contributed by atoms with Gasteiger partial charge in [-0.15, -0.1) is 11.3 Å². The van der Waals surface area contributed by atoms with Crippen molar-refractivity contribution in [1.29, 1.82) is 0 Å². The van der Waals surface area contributed by atoms with Gasteiger partial charge in [0, 0.05) is 5.38 Å². The maximum atomic E-state index is 12.4. The zero-order valence-corrected chi connectivity index (χ0v) is 10.9. The van der Waals surface area contributed by atoms with E-state index < -0.39 is 30.6 Å². The number of alkyl halides is 3. The summed E-state index contributed by atoms with van der Waals surface area (Å²) in [5.41, 5.74) is 0.230. The Morgan fingerprint density at radius 2 is 2.11 bits per heavy atom. The SMILES string of the molecule is Cc1nc(CN(C(=O)C(F)(F)F)C(C)C(=O)O)cs1. The zero-order valence-electron chi connectivity index (χ0n) is 10.1. The lowest BCUT2D eigenvalue weighted by Crippen LogP contribution is -2.48. The first-order valence-corrected chi connectivity index (χ1v) is 6.02. The molecule has 1 atom stereocenters. The molecule has 5 nitrogen and oxygen atoms in total. The standard InChI is InChI=1S/C10H11F3N2O3S/c1-5(8(16)17)15(9(18)10(11,12)13)3-7-4-19-6(2)14-7/h4-5H,3H2,1-2H3,(H,16,17). The van der Waals surface area contributed by atoms with Crippen molar-refractivity contribution in [1.82, 2.24) is 9.88 Å². The Bertz CT molecular complexity index is 487. The Hall–Kier alpha value is -1.64. The molecule has 0 saturated carbocycles. The van der Waals surface area contributed by atoms with Crippen molar-refractivity contribution >= 4 is 23.2 Å². The highest BCUT2D eigenvalue weighted by Crippen LogP contribution is 2.22. The number of carbonyl (C=O) groups excluding carboxylic acids is 1. The first-order valence-electron chi connectivity index (χ1n) is 5.14. The molecule has 0 spiro atoms. The fraction of sp³-hybridized carbons (Fsp3) is 0.500. The highest BCUT2D eigenvalue weighted by molar-refractivity contribution is 7.09. The van der Waals surface area contributed by atoms with E-state index in [0.29, 0.717) is 5.01 Å². The highest BCUT2D eigenvalue weighted by atomic mass is 32.1. The minimum Gasteiger partial charge on any atom is -0.480 e. The molecule has 1 unspecified atom stereocenters. The molecule has 1 heterocycles. The lowest BCUT2D eigenvalue weighted by molar-refractivity contribution is -0.190. The summed E-state index contributed by atoms with van der Waals surface area (Å²) in [5.74, 6) is -3.70. The van der Waals surface area contributed by atoms with Crippen LogP contribution in [0.15, 0.2) is 5.38 Å². The van der Waals surface area contributed by atoms with Crippen LogP contribution >= 0.6 is 11.3 Å². The first-order chi connectivity index (χ1) is 8.62. The number of amides is 1.